The lowest BCUT2D eigenvalue weighted by Crippen LogP contribution is -2.63. The molecule has 0 aromatic heterocycles. The molecule has 0 fully saturated rings. The van der Waals surface area contributed by atoms with Crippen LogP contribution in [0.15, 0.2) is 16.3 Å². The monoisotopic (exact) mass is 366 g/mol. The molecule has 0 saturated heterocycles. The fraction of sp³-hybridized carbons (Fsp3) is 0.786. The Morgan fingerprint density at radius 3 is 1.42 bits per heavy atom. The molecule has 0 aromatic rings. The topological polar surface area (TPSA) is 15.6 Å². The quantitative estimate of drug-likeness (QED) is 0.574. The van der Waals surface area contributed by atoms with Gasteiger partial charge in [-0.15, -0.1) is 0 Å². The Balaban J connectivity index is 3.81. The lowest BCUT2D eigenvalue weighted by molar-refractivity contribution is -0.273. The number of amidine groups is 1. The summed E-state index contributed by atoms with van der Waals surface area (Å²) in [7, 11) is 0. The highest BCUT2D eigenvalue weighted by molar-refractivity contribution is 6.08. The molecule has 0 N–H and O–H groups in total. The van der Waals surface area contributed by atoms with Crippen LogP contribution in [-0.4, -0.2) is 40.1 Å². The lowest BCUT2D eigenvalue weighted by atomic mass is 9.88. The van der Waals surface area contributed by atoms with Crippen molar-refractivity contribution in [2.45, 2.75) is 70.9 Å². The van der Waals surface area contributed by atoms with Crippen LogP contribution >= 0.6 is 0 Å². The molecule has 0 spiro atoms. The smallest absolute Gasteiger partial charge is 0.318 e. The number of nitrogens with zero attached hydrogens (tertiary/aromatic N) is 2. The molecule has 24 heavy (non-hydrogen) atoms. The lowest BCUT2D eigenvalue weighted by Gasteiger charge is -2.50. The summed E-state index contributed by atoms with van der Waals surface area (Å²) in [5.41, 5.74) is -6.70. The Morgan fingerprint density at radius 2 is 1.17 bits per heavy atom. The number of hydrogen-bond donors (Lipinski definition) is 0. The second-order valence-electron chi connectivity index (χ2n) is 7.41. The first kappa shape index (κ1) is 20.7. The van der Waals surface area contributed by atoms with E-state index in [9.17, 15) is 35.1 Å². The predicted octanol–water partition coefficient (Wildman–Crippen LogP) is 5.31. The molecule has 0 radical (unpaired) electrons. The van der Waals surface area contributed by atoms with Gasteiger partial charge in [0.1, 0.15) is 17.1 Å². The summed E-state index contributed by atoms with van der Waals surface area (Å²) in [5.74, 6) is -6.57. The highest BCUT2D eigenvalue weighted by atomic mass is 19.4. The van der Waals surface area contributed by atoms with Crippen LogP contribution in [0.25, 0.3) is 0 Å². The Bertz CT molecular complexity index is 568. The van der Waals surface area contributed by atoms with Crippen molar-refractivity contribution in [3.05, 3.63) is 11.3 Å². The highest BCUT2D eigenvalue weighted by Crippen LogP contribution is 2.53. The predicted molar refractivity (Wildman–Crippen MR) is 72.9 cm³/mol. The van der Waals surface area contributed by atoms with Gasteiger partial charge >= 0.3 is 18.3 Å². The van der Waals surface area contributed by atoms with Gasteiger partial charge in [-0.3, -0.25) is 4.99 Å². The third-order valence-electron chi connectivity index (χ3n) is 2.94. The van der Waals surface area contributed by atoms with Crippen molar-refractivity contribution >= 4 is 5.84 Å². The Hall–Kier alpha value is -1.35. The van der Waals surface area contributed by atoms with Crippen molar-refractivity contribution in [1.29, 1.82) is 0 Å². The SMILES string of the molecule is CC(C)(C)N=C1C(C(F)(F)F)=C(C(F)(F)C(F)(F)F)N1C(C)(C)C. The van der Waals surface area contributed by atoms with Gasteiger partial charge < -0.3 is 4.90 Å². The summed E-state index contributed by atoms with van der Waals surface area (Å²) in [6, 6.07) is 0. The zero-order chi connectivity index (χ0) is 19.5. The molecule has 1 heterocycles. The minimum absolute atomic E-state index is 0.314. The molecule has 1 aliphatic heterocycles. The average Bonchev–Trinajstić information content (AvgIpc) is 2.15. The van der Waals surface area contributed by atoms with Gasteiger partial charge in [0.25, 0.3) is 0 Å². The molecule has 1 rings (SSSR count). The van der Waals surface area contributed by atoms with Gasteiger partial charge in [-0.05, 0) is 41.5 Å². The minimum Gasteiger partial charge on any atom is -0.318 e. The summed E-state index contributed by atoms with van der Waals surface area (Å²) < 4.78 is 105. The molecule has 0 unspecified atom stereocenters. The van der Waals surface area contributed by atoms with Crippen LogP contribution in [-0.2, 0) is 0 Å². The van der Waals surface area contributed by atoms with Gasteiger partial charge in [0.15, 0.2) is 0 Å². The first-order chi connectivity index (χ1) is 10.2. The van der Waals surface area contributed by atoms with E-state index >= 15 is 0 Å². The second-order valence-corrected chi connectivity index (χ2v) is 7.41. The van der Waals surface area contributed by atoms with Crippen molar-refractivity contribution in [3.63, 3.8) is 0 Å². The molecule has 0 amide bonds. The summed E-state index contributed by atoms with van der Waals surface area (Å²) in [4.78, 5) is 4.03. The molecular formula is C14H18F8N2. The molecule has 1 aliphatic rings. The number of aliphatic imine (C=N–C) groups is 1. The molecule has 0 bridgehead atoms. The number of hydrogen-bond acceptors (Lipinski definition) is 1. The van der Waals surface area contributed by atoms with Gasteiger partial charge in [-0.25, -0.2) is 0 Å². The van der Waals surface area contributed by atoms with Crippen LogP contribution in [0, 0.1) is 0 Å². The highest BCUT2D eigenvalue weighted by Gasteiger charge is 2.69. The van der Waals surface area contributed by atoms with Crippen molar-refractivity contribution in [1.82, 2.24) is 4.90 Å². The molecule has 2 nitrogen and oxygen atoms in total. The Labute approximate surface area is 134 Å². The summed E-state index contributed by atoms with van der Waals surface area (Å²) in [5, 5.41) is 0. The van der Waals surface area contributed by atoms with Crippen LogP contribution in [0.2, 0.25) is 0 Å². The van der Waals surface area contributed by atoms with Gasteiger partial charge in [0.2, 0.25) is 0 Å². The van der Waals surface area contributed by atoms with Gasteiger partial charge in [-0.1, -0.05) is 0 Å². The maximum absolute atomic E-state index is 13.8. The second kappa shape index (κ2) is 5.32. The van der Waals surface area contributed by atoms with E-state index in [1.165, 1.54) is 41.5 Å². The van der Waals surface area contributed by atoms with Gasteiger partial charge in [-0.2, -0.15) is 35.1 Å². The van der Waals surface area contributed by atoms with Crippen LogP contribution in [0.4, 0.5) is 35.1 Å². The first-order valence-electron chi connectivity index (χ1n) is 6.88. The average molecular weight is 366 g/mol. The van der Waals surface area contributed by atoms with Crippen LogP contribution in [0.1, 0.15) is 41.5 Å². The largest absolute Gasteiger partial charge is 0.459 e. The van der Waals surface area contributed by atoms with E-state index in [0.29, 0.717) is 4.90 Å². The van der Waals surface area contributed by atoms with Crippen molar-refractivity contribution in [2.75, 3.05) is 0 Å². The molecule has 0 aliphatic carbocycles. The van der Waals surface area contributed by atoms with E-state index in [2.05, 4.69) is 4.99 Å². The van der Waals surface area contributed by atoms with Crippen LogP contribution in [0.5, 0.6) is 0 Å². The standard InChI is InChI=1S/C14H18F8N2/c1-10(2,3)23-9-7(13(17,18)19)8(24(9)11(4,5)6)12(15,16)14(20,21)22/h1-6H3. The number of rotatable bonds is 1. The van der Waals surface area contributed by atoms with Crippen LogP contribution in [0.3, 0.4) is 0 Å². The maximum atomic E-state index is 13.8. The third kappa shape index (κ3) is 3.66. The molecule has 140 valence electrons. The van der Waals surface area contributed by atoms with Crippen molar-refractivity contribution < 1.29 is 35.1 Å². The Morgan fingerprint density at radius 1 is 0.750 bits per heavy atom. The number of halogens is 8. The van der Waals surface area contributed by atoms with Crippen LogP contribution < -0.4 is 0 Å². The molecule has 10 heteroatoms. The van der Waals surface area contributed by atoms with E-state index in [0.717, 1.165) is 0 Å². The first-order valence-corrected chi connectivity index (χ1v) is 6.88. The van der Waals surface area contributed by atoms with Gasteiger partial charge in [0, 0.05) is 5.54 Å². The normalized spacial score (nSPS) is 19.9. The van der Waals surface area contributed by atoms with Gasteiger partial charge in [0.05, 0.1) is 5.54 Å². The number of allylic oxidation sites excluding steroid dienone is 1. The van der Waals surface area contributed by atoms with E-state index in [4.69, 9.17) is 0 Å². The molecule has 0 saturated carbocycles. The summed E-state index contributed by atoms with van der Waals surface area (Å²) in [6.45, 7) is 7.92. The fourth-order valence-electron chi connectivity index (χ4n) is 2.15. The number of alkyl halides is 8. The van der Waals surface area contributed by atoms with Crippen molar-refractivity contribution in [3.8, 4) is 0 Å². The third-order valence-corrected chi connectivity index (χ3v) is 2.94. The van der Waals surface area contributed by atoms with E-state index in [1.54, 1.807) is 0 Å². The fourth-order valence-corrected chi connectivity index (χ4v) is 2.15. The zero-order valence-corrected chi connectivity index (χ0v) is 13.9. The molecule has 0 aromatic carbocycles. The van der Waals surface area contributed by atoms with E-state index in [1.807, 2.05) is 0 Å². The molecule has 0 atom stereocenters. The van der Waals surface area contributed by atoms with Crippen molar-refractivity contribution in [2.24, 2.45) is 4.99 Å². The minimum atomic E-state index is -6.16. The summed E-state index contributed by atoms with van der Waals surface area (Å²) in [6.07, 6.45) is -11.6. The molecular weight excluding hydrogens is 348 g/mol. The maximum Gasteiger partial charge on any atom is 0.459 e. The zero-order valence-electron chi connectivity index (χ0n) is 13.9. The Kier molecular flexibility index (Phi) is 4.59. The van der Waals surface area contributed by atoms with E-state index in [-0.39, 0.29) is 0 Å². The summed E-state index contributed by atoms with van der Waals surface area (Å²) >= 11 is 0. The van der Waals surface area contributed by atoms with E-state index < -0.39 is 46.5 Å².